The van der Waals surface area contributed by atoms with Crippen LogP contribution in [0, 0.1) is 3.95 Å². The van der Waals surface area contributed by atoms with Gasteiger partial charge in [-0.05, 0) is 24.4 Å². The van der Waals surface area contributed by atoms with E-state index in [0.29, 0.717) is 9.71 Å². The Hall–Kier alpha value is -1.40. The minimum absolute atomic E-state index is 0.0304. The third-order valence-electron chi connectivity index (χ3n) is 1.50. The molecule has 0 unspecified atom stereocenters. The lowest BCUT2D eigenvalue weighted by atomic mass is 10.5. The molecule has 6 heteroatoms. The molecule has 0 bridgehead atoms. The summed E-state index contributed by atoms with van der Waals surface area (Å²) in [5, 5.41) is 14.8. The number of rotatable bonds is 2. The SMILES string of the molecule is Oc1csc(=S)n1N=Cc1ccco1. The van der Waals surface area contributed by atoms with Crippen LogP contribution in [-0.4, -0.2) is 16.0 Å². The average molecular weight is 226 g/mol. The topological polar surface area (TPSA) is 50.7 Å². The zero-order chi connectivity index (χ0) is 9.97. The lowest BCUT2D eigenvalue weighted by Crippen LogP contribution is -1.87. The summed E-state index contributed by atoms with van der Waals surface area (Å²) < 4.78 is 6.79. The van der Waals surface area contributed by atoms with Crippen LogP contribution in [0.2, 0.25) is 0 Å². The van der Waals surface area contributed by atoms with Crippen LogP contribution in [0.4, 0.5) is 0 Å². The van der Waals surface area contributed by atoms with Crippen molar-refractivity contribution in [1.29, 1.82) is 0 Å². The molecule has 1 N–H and O–H groups in total. The van der Waals surface area contributed by atoms with Crippen molar-refractivity contribution in [3.63, 3.8) is 0 Å². The molecule has 72 valence electrons. The molecule has 2 aromatic rings. The highest BCUT2D eigenvalue weighted by Crippen LogP contribution is 2.16. The molecule has 0 aromatic carbocycles. The van der Waals surface area contributed by atoms with Gasteiger partial charge in [0.15, 0.2) is 3.95 Å². The van der Waals surface area contributed by atoms with Crippen molar-refractivity contribution in [3.05, 3.63) is 33.5 Å². The average Bonchev–Trinajstić information content (AvgIpc) is 2.76. The van der Waals surface area contributed by atoms with Crippen LogP contribution < -0.4 is 0 Å². The fourth-order valence-electron chi connectivity index (χ4n) is 0.882. The van der Waals surface area contributed by atoms with Gasteiger partial charge in [-0.2, -0.15) is 9.78 Å². The van der Waals surface area contributed by atoms with Crippen molar-refractivity contribution in [2.24, 2.45) is 5.10 Å². The number of hydrogen-bond acceptors (Lipinski definition) is 5. The van der Waals surface area contributed by atoms with Gasteiger partial charge in [-0.25, -0.2) is 0 Å². The second-order valence-corrected chi connectivity index (χ2v) is 3.93. The van der Waals surface area contributed by atoms with E-state index in [4.69, 9.17) is 16.6 Å². The van der Waals surface area contributed by atoms with Crippen molar-refractivity contribution in [2.75, 3.05) is 0 Å². The molecule has 2 rings (SSSR count). The van der Waals surface area contributed by atoms with Gasteiger partial charge in [0, 0.05) is 0 Å². The molecule has 0 radical (unpaired) electrons. The first-order chi connectivity index (χ1) is 6.77. The molecule has 0 fully saturated rings. The van der Waals surface area contributed by atoms with E-state index >= 15 is 0 Å². The van der Waals surface area contributed by atoms with Crippen LogP contribution in [0.15, 0.2) is 33.3 Å². The normalized spacial score (nSPS) is 11.1. The van der Waals surface area contributed by atoms with Crippen LogP contribution in [0.25, 0.3) is 0 Å². The fourth-order valence-corrected chi connectivity index (χ4v) is 1.71. The third kappa shape index (κ3) is 1.75. The molecule has 0 saturated carbocycles. The van der Waals surface area contributed by atoms with Crippen molar-refractivity contribution >= 4 is 29.8 Å². The zero-order valence-corrected chi connectivity index (χ0v) is 8.59. The van der Waals surface area contributed by atoms with Crippen LogP contribution in [0.5, 0.6) is 5.88 Å². The molecule has 14 heavy (non-hydrogen) atoms. The van der Waals surface area contributed by atoms with Gasteiger partial charge in [0.05, 0.1) is 17.9 Å². The van der Waals surface area contributed by atoms with Crippen molar-refractivity contribution < 1.29 is 9.52 Å². The Labute approximate surface area is 88.7 Å². The lowest BCUT2D eigenvalue weighted by Gasteiger charge is -1.92. The standard InChI is InChI=1S/C8H6N2O2S2/c11-7-5-14-8(13)10(7)9-4-6-2-1-3-12-6/h1-5,11H. The Morgan fingerprint density at radius 3 is 3.07 bits per heavy atom. The molecule has 0 spiro atoms. The summed E-state index contributed by atoms with van der Waals surface area (Å²) in [7, 11) is 0. The number of aromatic nitrogens is 1. The summed E-state index contributed by atoms with van der Waals surface area (Å²) >= 11 is 6.20. The maximum Gasteiger partial charge on any atom is 0.224 e. The smallest absolute Gasteiger partial charge is 0.224 e. The molecule has 0 atom stereocenters. The molecule has 2 aromatic heterocycles. The van der Waals surface area contributed by atoms with Gasteiger partial charge < -0.3 is 9.52 Å². The predicted molar refractivity (Wildman–Crippen MR) is 56.5 cm³/mol. The Balaban J connectivity index is 2.31. The molecular formula is C8H6N2O2S2. The Morgan fingerprint density at radius 2 is 2.50 bits per heavy atom. The van der Waals surface area contributed by atoms with Gasteiger partial charge >= 0.3 is 0 Å². The second kappa shape index (κ2) is 3.77. The predicted octanol–water partition coefficient (Wildman–Crippen LogP) is 2.46. The number of thiazole rings is 1. The summed E-state index contributed by atoms with van der Waals surface area (Å²) in [6, 6.07) is 3.52. The van der Waals surface area contributed by atoms with Crippen molar-refractivity contribution in [3.8, 4) is 5.88 Å². The van der Waals surface area contributed by atoms with Gasteiger partial charge in [-0.15, -0.1) is 11.3 Å². The Morgan fingerprint density at radius 1 is 1.64 bits per heavy atom. The maximum atomic E-state index is 9.32. The van der Waals surface area contributed by atoms with Gasteiger partial charge in [0.25, 0.3) is 0 Å². The summed E-state index contributed by atoms with van der Waals surface area (Å²) in [5.41, 5.74) is 0. The van der Waals surface area contributed by atoms with Crippen LogP contribution in [0.1, 0.15) is 5.76 Å². The zero-order valence-electron chi connectivity index (χ0n) is 6.95. The monoisotopic (exact) mass is 226 g/mol. The van der Waals surface area contributed by atoms with Crippen LogP contribution in [0.3, 0.4) is 0 Å². The molecular weight excluding hydrogens is 220 g/mol. The van der Waals surface area contributed by atoms with E-state index in [1.54, 1.807) is 18.4 Å². The van der Waals surface area contributed by atoms with Gasteiger partial charge in [-0.1, -0.05) is 0 Å². The number of furan rings is 1. The van der Waals surface area contributed by atoms with Crippen molar-refractivity contribution in [1.82, 2.24) is 4.68 Å². The largest absolute Gasteiger partial charge is 0.493 e. The molecule has 4 nitrogen and oxygen atoms in total. The first kappa shape index (κ1) is 9.17. The Bertz CT molecular complexity index is 496. The van der Waals surface area contributed by atoms with E-state index in [9.17, 15) is 5.11 Å². The highest BCUT2D eigenvalue weighted by molar-refractivity contribution is 7.73. The summed E-state index contributed by atoms with van der Waals surface area (Å²) in [5.74, 6) is 0.639. The van der Waals surface area contributed by atoms with Gasteiger partial charge in [0.2, 0.25) is 5.88 Å². The highest BCUT2D eigenvalue weighted by Gasteiger charge is 1.99. The van der Waals surface area contributed by atoms with E-state index < -0.39 is 0 Å². The van der Waals surface area contributed by atoms with Crippen molar-refractivity contribution in [2.45, 2.75) is 0 Å². The van der Waals surface area contributed by atoms with Crippen LogP contribution >= 0.6 is 23.6 Å². The molecule has 0 aliphatic carbocycles. The van der Waals surface area contributed by atoms with E-state index in [-0.39, 0.29) is 5.88 Å². The molecule has 0 amide bonds. The highest BCUT2D eigenvalue weighted by atomic mass is 32.1. The second-order valence-electron chi connectivity index (χ2n) is 2.43. The van der Waals surface area contributed by atoms with Crippen LogP contribution in [-0.2, 0) is 0 Å². The minimum Gasteiger partial charge on any atom is -0.493 e. The summed E-state index contributed by atoms with van der Waals surface area (Å²) in [6.07, 6.45) is 3.04. The first-order valence-corrected chi connectivity index (χ1v) is 5.03. The van der Waals surface area contributed by atoms with E-state index in [2.05, 4.69) is 5.10 Å². The lowest BCUT2D eigenvalue weighted by molar-refractivity contribution is 0.429. The van der Waals surface area contributed by atoms with Gasteiger partial charge in [0.1, 0.15) is 5.76 Å². The molecule has 0 aliphatic rings. The van der Waals surface area contributed by atoms with E-state index in [1.165, 1.54) is 27.6 Å². The first-order valence-electron chi connectivity index (χ1n) is 3.75. The maximum absolute atomic E-state index is 9.32. The summed E-state index contributed by atoms with van der Waals surface area (Å²) in [4.78, 5) is 0. The third-order valence-corrected chi connectivity index (χ3v) is 2.66. The minimum atomic E-state index is 0.0304. The molecule has 0 saturated heterocycles. The quantitative estimate of drug-likeness (QED) is 0.632. The number of nitrogens with zero attached hydrogens (tertiary/aromatic N) is 2. The summed E-state index contributed by atoms with van der Waals surface area (Å²) in [6.45, 7) is 0. The number of aromatic hydroxyl groups is 1. The van der Waals surface area contributed by atoms with E-state index in [0.717, 1.165) is 0 Å². The van der Waals surface area contributed by atoms with E-state index in [1.807, 2.05) is 0 Å². The molecule has 0 aliphatic heterocycles. The van der Waals surface area contributed by atoms with Gasteiger partial charge in [-0.3, -0.25) is 0 Å². The molecule has 2 heterocycles. The fraction of sp³-hybridized carbons (Fsp3) is 0. The Kier molecular flexibility index (Phi) is 2.47. The number of hydrogen-bond donors (Lipinski definition) is 1.